The SMILES string of the molecule is CCc1nc2ccccc2n1CC(=O)N1CCNCC1c1nccn1C. The fourth-order valence-corrected chi connectivity index (χ4v) is 3.73. The molecule has 0 aliphatic carbocycles. The highest BCUT2D eigenvalue weighted by Crippen LogP contribution is 2.22. The topological polar surface area (TPSA) is 68.0 Å². The molecule has 1 atom stereocenters. The Hall–Kier alpha value is -2.67. The zero-order valence-corrected chi connectivity index (χ0v) is 15.2. The van der Waals surface area contributed by atoms with Gasteiger partial charge < -0.3 is 19.4 Å². The van der Waals surface area contributed by atoms with Gasteiger partial charge in [0.1, 0.15) is 24.2 Å². The molecule has 0 bridgehead atoms. The number of hydrogen-bond donors (Lipinski definition) is 1. The summed E-state index contributed by atoms with van der Waals surface area (Å²) >= 11 is 0. The number of carbonyl (C=O) groups excluding carboxylic acids is 1. The van der Waals surface area contributed by atoms with E-state index in [1.165, 1.54) is 0 Å². The van der Waals surface area contributed by atoms with E-state index in [1.807, 2.05) is 47.0 Å². The van der Waals surface area contributed by atoms with Gasteiger partial charge in [-0.3, -0.25) is 4.79 Å². The molecule has 1 saturated heterocycles. The molecule has 1 aromatic carbocycles. The van der Waals surface area contributed by atoms with Gasteiger partial charge in [0.25, 0.3) is 0 Å². The van der Waals surface area contributed by atoms with Crippen LogP contribution >= 0.6 is 0 Å². The van der Waals surface area contributed by atoms with Crippen LogP contribution in [-0.2, 0) is 24.8 Å². The van der Waals surface area contributed by atoms with E-state index in [1.54, 1.807) is 6.20 Å². The van der Waals surface area contributed by atoms with Crippen LogP contribution in [0.2, 0.25) is 0 Å². The van der Waals surface area contributed by atoms with Gasteiger partial charge in [-0.05, 0) is 12.1 Å². The van der Waals surface area contributed by atoms with Crippen LogP contribution in [0.25, 0.3) is 11.0 Å². The zero-order valence-electron chi connectivity index (χ0n) is 15.2. The number of nitrogens with one attached hydrogen (secondary N) is 1. The van der Waals surface area contributed by atoms with Crippen molar-refractivity contribution in [3.63, 3.8) is 0 Å². The number of rotatable bonds is 4. The summed E-state index contributed by atoms with van der Waals surface area (Å²) in [5.74, 6) is 1.97. The van der Waals surface area contributed by atoms with E-state index >= 15 is 0 Å². The minimum Gasteiger partial charge on any atom is -0.336 e. The second kappa shape index (κ2) is 6.92. The van der Waals surface area contributed by atoms with E-state index in [2.05, 4.69) is 26.8 Å². The Morgan fingerprint density at radius 3 is 2.96 bits per heavy atom. The summed E-state index contributed by atoms with van der Waals surface area (Å²) in [6.07, 6.45) is 4.50. The fourth-order valence-electron chi connectivity index (χ4n) is 3.73. The second-order valence-electron chi connectivity index (χ2n) is 6.66. The zero-order chi connectivity index (χ0) is 18.1. The van der Waals surface area contributed by atoms with Gasteiger partial charge in [-0.15, -0.1) is 0 Å². The monoisotopic (exact) mass is 352 g/mol. The molecule has 7 nitrogen and oxygen atoms in total. The lowest BCUT2D eigenvalue weighted by Crippen LogP contribution is -2.50. The van der Waals surface area contributed by atoms with E-state index in [4.69, 9.17) is 0 Å². The number of benzene rings is 1. The smallest absolute Gasteiger partial charge is 0.243 e. The molecule has 4 rings (SSSR count). The lowest BCUT2D eigenvalue weighted by molar-refractivity contribution is -0.135. The van der Waals surface area contributed by atoms with Crippen LogP contribution in [0.3, 0.4) is 0 Å². The van der Waals surface area contributed by atoms with Crippen molar-refractivity contribution in [2.24, 2.45) is 7.05 Å². The Labute approximate surface area is 152 Å². The number of amides is 1. The molecule has 0 radical (unpaired) electrons. The fraction of sp³-hybridized carbons (Fsp3) is 0.421. The van der Waals surface area contributed by atoms with Crippen molar-refractivity contribution in [3.8, 4) is 0 Å². The molecule has 3 heterocycles. The number of aromatic nitrogens is 4. The summed E-state index contributed by atoms with van der Waals surface area (Å²) in [6, 6.07) is 7.95. The van der Waals surface area contributed by atoms with E-state index in [-0.39, 0.29) is 11.9 Å². The van der Waals surface area contributed by atoms with Crippen LogP contribution in [0, 0.1) is 0 Å². The molecular formula is C19H24N6O. The van der Waals surface area contributed by atoms with Gasteiger partial charge in [0.2, 0.25) is 5.91 Å². The number of carbonyl (C=O) groups is 1. The maximum absolute atomic E-state index is 13.2. The van der Waals surface area contributed by atoms with Crippen LogP contribution in [-0.4, -0.2) is 49.5 Å². The van der Waals surface area contributed by atoms with Gasteiger partial charge >= 0.3 is 0 Å². The summed E-state index contributed by atoms with van der Waals surface area (Å²) in [4.78, 5) is 24.3. The van der Waals surface area contributed by atoms with Crippen molar-refractivity contribution in [1.29, 1.82) is 0 Å². The van der Waals surface area contributed by atoms with E-state index in [0.29, 0.717) is 13.1 Å². The molecule has 1 N–H and O–H groups in total. The summed E-state index contributed by atoms with van der Waals surface area (Å²) in [7, 11) is 1.97. The number of hydrogen-bond acceptors (Lipinski definition) is 4. The molecule has 1 unspecified atom stereocenters. The first-order valence-corrected chi connectivity index (χ1v) is 9.10. The highest BCUT2D eigenvalue weighted by molar-refractivity contribution is 5.81. The Morgan fingerprint density at radius 2 is 2.19 bits per heavy atom. The average molecular weight is 352 g/mol. The van der Waals surface area contributed by atoms with Crippen LogP contribution < -0.4 is 5.32 Å². The lowest BCUT2D eigenvalue weighted by Gasteiger charge is -2.36. The van der Waals surface area contributed by atoms with E-state index in [0.717, 1.165) is 42.2 Å². The van der Waals surface area contributed by atoms with Gasteiger partial charge in [0, 0.05) is 45.5 Å². The molecule has 0 spiro atoms. The maximum atomic E-state index is 13.2. The summed E-state index contributed by atoms with van der Waals surface area (Å²) < 4.78 is 4.04. The standard InChI is InChI=1S/C19H24N6O/c1-3-17-22-14-6-4-5-7-15(14)25(17)13-18(26)24-11-8-20-12-16(24)19-21-9-10-23(19)2/h4-7,9-10,16,20H,3,8,11-13H2,1-2H3. The largest absolute Gasteiger partial charge is 0.336 e. The van der Waals surface area contributed by atoms with Gasteiger partial charge in [-0.25, -0.2) is 9.97 Å². The molecule has 3 aromatic rings. The van der Waals surface area contributed by atoms with Crippen molar-refractivity contribution in [2.45, 2.75) is 25.9 Å². The molecule has 1 aliphatic heterocycles. The number of fused-ring (bicyclic) bond motifs is 1. The van der Waals surface area contributed by atoms with Crippen molar-refractivity contribution >= 4 is 16.9 Å². The molecule has 26 heavy (non-hydrogen) atoms. The summed E-state index contributed by atoms with van der Waals surface area (Å²) in [6.45, 7) is 4.60. The van der Waals surface area contributed by atoms with E-state index in [9.17, 15) is 4.79 Å². The molecule has 1 amide bonds. The first-order chi connectivity index (χ1) is 12.7. The van der Waals surface area contributed by atoms with Crippen molar-refractivity contribution in [3.05, 3.63) is 48.3 Å². The van der Waals surface area contributed by atoms with Crippen molar-refractivity contribution in [1.82, 2.24) is 29.3 Å². The Balaban J connectivity index is 1.64. The van der Waals surface area contributed by atoms with Gasteiger partial charge in [-0.2, -0.15) is 0 Å². The minimum absolute atomic E-state index is 0.0453. The minimum atomic E-state index is -0.0453. The van der Waals surface area contributed by atoms with Crippen LogP contribution in [0.15, 0.2) is 36.7 Å². The first kappa shape index (κ1) is 16.8. The molecule has 1 fully saturated rings. The Morgan fingerprint density at radius 1 is 1.35 bits per heavy atom. The van der Waals surface area contributed by atoms with Gasteiger partial charge in [0.15, 0.2) is 0 Å². The normalized spacial score (nSPS) is 17.8. The molecule has 0 saturated carbocycles. The Kier molecular flexibility index (Phi) is 4.46. The predicted octanol–water partition coefficient (Wildman–Crippen LogP) is 1.51. The van der Waals surface area contributed by atoms with Gasteiger partial charge in [-0.1, -0.05) is 19.1 Å². The number of nitrogens with zero attached hydrogens (tertiary/aromatic N) is 5. The number of piperazine rings is 1. The Bertz CT molecular complexity index is 927. The highest BCUT2D eigenvalue weighted by Gasteiger charge is 2.30. The van der Waals surface area contributed by atoms with Crippen LogP contribution in [0.1, 0.15) is 24.6 Å². The van der Waals surface area contributed by atoms with Crippen LogP contribution in [0.4, 0.5) is 0 Å². The molecule has 7 heteroatoms. The molecular weight excluding hydrogens is 328 g/mol. The van der Waals surface area contributed by atoms with Crippen molar-refractivity contribution in [2.75, 3.05) is 19.6 Å². The summed E-state index contributed by atoms with van der Waals surface area (Å²) in [5.41, 5.74) is 1.96. The third kappa shape index (κ3) is 2.88. The average Bonchev–Trinajstić information content (AvgIpc) is 3.25. The summed E-state index contributed by atoms with van der Waals surface area (Å²) in [5, 5.41) is 3.38. The number of imidazole rings is 2. The predicted molar refractivity (Wildman–Crippen MR) is 99.6 cm³/mol. The molecule has 136 valence electrons. The quantitative estimate of drug-likeness (QED) is 0.773. The lowest BCUT2D eigenvalue weighted by atomic mass is 10.1. The highest BCUT2D eigenvalue weighted by atomic mass is 16.2. The maximum Gasteiger partial charge on any atom is 0.243 e. The molecule has 1 aliphatic rings. The second-order valence-corrected chi connectivity index (χ2v) is 6.66. The third-order valence-electron chi connectivity index (χ3n) is 5.06. The van der Waals surface area contributed by atoms with Crippen molar-refractivity contribution < 1.29 is 4.79 Å². The van der Waals surface area contributed by atoms with Gasteiger partial charge in [0.05, 0.1) is 11.0 Å². The third-order valence-corrected chi connectivity index (χ3v) is 5.06. The number of para-hydroxylation sites is 2. The van der Waals surface area contributed by atoms with Crippen LogP contribution in [0.5, 0.6) is 0 Å². The number of aryl methyl sites for hydroxylation is 2. The van der Waals surface area contributed by atoms with E-state index < -0.39 is 0 Å². The molecule has 2 aromatic heterocycles. The first-order valence-electron chi connectivity index (χ1n) is 9.10.